The average Bonchev–Trinajstić information content (AvgIpc) is 2.68. The van der Waals surface area contributed by atoms with Crippen LogP contribution in [0.1, 0.15) is 48.4 Å². The second-order valence-electron chi connectivity index (χ2n) is 7.46. The monoisotopic (exact) mass is 361 g/mol. The number of hydrogen-bond acceptors (Lipinski definition) is 4. The molecule has 0 aliphatic rings. The Morgan fingerprint density at radius 1 is 0.926 bits per heavy atom. The lowest BCUT2D eigenvalue weighted by molar-refractivity contribution is 0.0858. The standard InChI is InChI=1S/C23H23NO3/c1-23(2,3)22(26)17-8-12-20(13-9-17)27-19-10-6-16(7-11-19)21(25)18-5-4-14-24-15-18/h4-15,21,25H,1-3H3. The Labute approximate surface area is 159 Å². The van der Waals surface area contributed by atoms with Gasteiger partial charge in [-0.05, 0) is 48.0 Å². The molecule has 0 bridgehead atoms. The minimum absolute atomic E-state index is 0.0998. The summed E-state index contributed by atoms with van der Waals surface area (Å²) in [5.74, 6) is 1.41. The lowest BCUT2D eigenvalue weighted by atomic mass is 9.86. The van der Waals surface area contributed by atoms with Crippen LogP contribution in [-0.4, -0.2) is 15.9 Å². The molecule has 1 heterocycles. The lowest BCUT2D eigenvalue weighted by Crippen LogP contribution is -2.19. The van der Waals surface area contributed by atoms with Crippen LogP contribution in [0.15, 0.2) is 73.1 Å². The van der Waals surface area contributed by atoms with Crippen molar-refractivity contribution in [3.8, 4) is 11.5 Å². The molecule has 0 fully saturated rings. The van der Waals surface area contributed by atoms with Crippen molar-refractivity contribution in [3.63, 3.8) is 0 Å². The zero-order valence-electron chi connectivity index (χ0n) is 15.7. The van der Waals surface area contributed by atoms with Crippen LogP contribution in [0.2, 0.25) is 0 Å². The molecule has 0 saturated heterocycles. The molecule has 2 aromatic carbocycles. The van der Waals surface area contributed by atoms with Gasteiger partial charge in [0.15, 0.2) is 5.78 Å². The number of aromatic nitrogens is 1. The number of aliphatic hydroxyl groups excluding tert-OH is 1. The number of pyridine rings is 1. The van der Waals surface area contributed by atoms with Gasteiger partial charge in [0.25, 0.3) is 0 Å². The lowest BCUT2D eigenvalue weighted by Gasteiger charge is -2.16. The van der Waals surface area contributed by atoms with E-state index in [0.717, 1.165) is 11.1 Å². The zero-order chi connectivity index (χ0) is 19.4. The Morgan fingerprint density at radius 2 is 1.52 bits per heavy atom. The van der Waals surface area contributed by atoms with Gasteiger partial charge in [0.05, 0.1) is 0 Å². The van der Waals surface area contributed by atoms with E-state index in [9.17, 15) is 9.90 Å². The van der Waals surface area contributed by atoms with E-state index in [-0.39, 0.29) is 5.78 Å². The molecule has 0 aliphatic carbocycles. The number of nitrogens with zero attached hydrogens (tertiary/aromatic N) is 1. The predicted molar refractivity (Wildman–Crippen MR) is 105 cm³/mol. The molecule has 3 aromatic rings. The van der Waals surface area contributed by atoms with E-state index in [1.165, 1.54) is 0 Å². The SMILES string of the molecule is CC(C)(C)C(=O)c1ccc(Oc2ccc(C(O)c3cccnc3)cc2)cc1. The van der Waals surface area contributed by atoms with Crippen LogP contribution in [0.5, 0.6) is 11.5 Å². The molecular formula is C23H23NO3. The second-order valence-corrected chi connectivity index (χ2v) is 7.46. The smallest absolute Gasteiger partial charge is 0.168 e. The Bertz CT molecular complexity index is 895. The molecule has 0 saturated carbocycles. The summed E-state index contributed by atoms with van der Waals surface area (Å²) in [6.07, 6.45) is 2.60. The first-order valence-electron chi connectivity index (χ1n) is 8.85. The van der Waals surface area contributed by atoms with Gasteiger partial charge in [-0.25, -0.2) is 0 Å². The summed E-state index contributed by atoms with van der Waals surface area (Å²) in [5.41, 5.74) is 1.77. The molecule has 27 heavy (non-hydrogen) atoms. The first kappa shape index (κ1) is 18.8. The van der Waals surface area contributed by atoms with Crippen molar-refractivity contribution < 1.29 is 14.6 Å². The number of hydrogen-bond donors (Lipinski definition) is 1. The molecule has 138 valence electrons. The van der Waals surface area contributed by atoms with Crippen molar-refractivity contribution in [2.45, 2.75) is 26.9 Å². The van der Waals surface area contributed by atoms with Crippen LogP contribution in [-0.2, 0) is 0 Å². The average molecular weight is 361 g/mol. The third kappa shape index (κ3) is 4.60. The highest BCUT2D eigenvalue weighted by molar-refractivity contribution is 5.99. The van der Waals surface area contributed by atoms with Gasteiger partial charge in [0.2, 0.25) is 0 Å². The van der Waals surface area contributed by atoms with Crippen LogP contribution in [0.3, 0.4) is 0 Å². The molecule has 0 radical (unpaired) electrons. The van der Waals surface area contributed by atoms with Crippen LogP contribution in [0.25, 0.3) is 0 Å². The molecule has 1 unspecified atom stereocenters. The first-order chi connectivity index (χ1) is 12.8. The van der Waals surface area contributed by atoms with E-state index in [1.54, 1.807) is 42.7 Å². The molecule has 0 aliphatic heterocycles. The zero-order valence-corrected chi connectivity index (χ0v) is 15.7. The van der Waals surface area contributed by atoms with E-state index < -0.39 is 11.5 Å². The van der Waals surface area contributed by atoms with E-state index >= 15 is 0 Å². The normalized spacial score (nSPS) is 12.4. The number of aliphatic hydroxyl groups is 1. The van der Waals surface area contributed by atoms with Crippen molar-refractivity contribution in [1.29, 1.82) is 0 Å². The quantitative estimate of drug-likeness (QED) is 0.636. The van der Waals surface area contributed by atoms with Gasteiger partial charge in [-0.15, -0.1) is 0 Å². The van der Waals surface area contributed by atoms with Gasteiger partial charge in [0.1, 0.15) is 17.6 Å². The van der Waals surface area contributed by atoms with Gasteiger partial charge in [0, 0.05) is 28.9 Å². The topological polar surface area (TPSA) is 59.4 Å². The molecular weight excluding hydrogens is 338 g/mol. The van der Waals surface area contributed by atoms with Crippen LogP contribution >= 0.6 is 0 Å². The molecule has 4 nitrogen and oxygen atoms in total. The number of rotatable bonds is 5. The van der Waals surface area contributed by atoms with Crippen molar-refractivity contribution in [1.82, 2.24) is 4.98 Å². The molecule has 3 rings (SSSR count). The third-order valence-corrected chi connectivity index (χ3v) is 4.23. The number of ketones is 1. The van der Waals surface area contributed by atoms with E-state index in [0.29, 0.717) is 17.1 Å². The Hall–Kier alpha value is -2.98. The van der Waals surface area contributed by atoms with E-state index in [4.69, 9.17) is 4.74 Å². The Balaban J connectivity index is 1.69. The van der Waals surface area contributed by atoms with Crippen LogP contribution in [0, 0.1) is 5.41 Å². The van der Waals surface area contributed by atoms with Crippen LogP contribution in [0.4, 0.5) is 0 Å². The number of benzene rings is 2. The number of Topliss-reactive ketones (excluding diaryl/α,β-unsaturated/α-hetero) is 1. The minimum Gasteiger partial charge on any atom is -0.457 e. The molecule has 0 spiro atoms. The Morgan fingerprint density at radius 3 is 2.04 bits per heavy atom. The molecule has 0 amide bonds. The predicted octanol–water partition coefficient (Wildman–Crippen LogP) is 5.18. The van der Waals surface area contributed by atoms with Gasteiger partial charge in [-0.3, -0.25) is 9.78 Å². The van der Waals surface area contributed by atoms with E-state index in [1.807, 2.05) is 51.1 Å². The summed E-state index contributed by atoms with van der Waals surface area (Å²) >= 11 is 0. The molecule has 1 aromatic heterocycles. The Kier molecular flexibility index (Phi) is 5.38. The fourth-order valence-electron chi connectivity index (χ4n) is 2.69. The maximum Gasteiger partial charge on any atom is 0.168 e. The largest absolute Gasteiger partial charge is 0.457 e. The maximum atomic E-state index is 12.3. The summed E-state index contributed by atoms with van der Waals surface area (Å²) in [6, 6.07) is 18.0. The summed E-state index contributed by atoms with van der Waals surface area (Å²) in [4.78, 5) is 16.3. The summed E-state index contributed by atoms with van der Waals surface area (Å²) < 4.78 is 5.83. The minimum atomic E-state index is -0.726. The fraction of sp³-hybridized carbons (Fsp3) is 0.217. The summed E-state index contributed by atoms with van der Waals surface area (Å²) in [5, 5.41) is 10.4. The highest BCUT2D eigenvalue weighted by atomic mass is 16.5. The van der Waals surface area contributed by atoms with Crippen molar-refractivity contribution in [3.05, 3.63) is 89.7 Å². The van der Waals surface area contributed by atoms with Gasteiger partial charge in [-0.2, -0.15) is 0 Å². The van der Waals surface area contributed by atoms with Crippen molar-refractivity contribution in [2.24, 2.45) is 5.41 Å². The maximum absolute atomic E-state index is 12.3. The first-order valence-corrected chi connectivity index (χ1v) is 8.85. The number of ether oxygens (including phenoxy) is 1. The van der Waals surface area contributed by atoms with Crippen LogP contribution < -0.4 is 4.74 Å². The molecule has 1 N–H and O–H groups in total. The number of carbonyl (C=O) groups is 1. The molecule has 1 atom stereocenters. The van der Waals surface area contributed by atoms with Gasteiger partial charge < -0.3 is 9.84 Å². The third-order valence-electron chi connectivity index (χ3n) is 4.23. The van der Waals surface area contributed by atoms with Gasteiger partial charge >= 0.3 is 0 Å². The summed E-state index contributed by atoms with van der Waals surface area (Å²) in [7, 11) is 0. The van der Waals surface area contributed by atoms with E-state index in [2.05, 4.69) is 4.98 Å². The molecule has 4 heteroatoms. The van der Waals surface area contributed by atoms with Crippen molar-refractivity contribution >= 4 is 5.78 Å². The van der Waals surface area contributed by atoms with Crippen molar-refractivity contribution in [2.75, 3.05) is 0 Å². The highest BCUT2D eigenvalue weighted by Crippen LogP contribution is 2.27. The second kappa shape index (κ2) is 7.72. The van der Waals surface area contributed by atoms with Gasteiger partial charge in [-0.1, -0.05) is 39.0 Å². The highest BCUT2D eigenvalue weighted by Gasteiger charge is 2.22. The fourth-order valence-corrected chi connectivity index (χ4v) is 2.69. The number of carbonyl (C=O) groups excluding carboxylic acids is 1. The summed E-state index contributed by atoms with van der Waals surface area (Å²) in [6.45, 7) is 5.71.